The number of nitrogens with two attached hydrogens (primary N) is 1. The summed E-state index contributed by atoms with van der Waals surface area (Å²) < 4.78 is 5.94. The van der Waals surface area contributed by atoms with Crippen molar-refractivity contribution in [2.45, 2.75) is 24.7 Å². The number of likely N-dealkylation sites (N-methyl/N-ethyl adjacent to an activating group) is 1. The van der Waals surface area contributed by atoms with E-state index in [2.05, 4.69) is 48.2 Å². The van der Waals surface area contributed by atoms with E-state index in [4.69, 9.17) is 10.5 Å². The molecule has 0 radical (unpaired) electrons. The van der Waals surface area contributed by atoms with Gasteiger partial charge in [-0.1, -0.05) is 48.5 Å². The van der Waals surface area contributed by atoms with Gasteiger partial charge in [0, 0.05) is 12.5 Å². The molecular formula is C25H28N2O2. The first kappa shape index (κ1) is 19.5. The van der Waals surface area contributed by atoms with E-state index in [1.54, 1.807) is 0 Å². The van der Waals surface area contributed by atoms with E-state index >= 15 is 0 Å². The second-order valence-corrected chi connectivity index (χ2v) is 8.29. The molecule has 4 heteroatoms. The summed E-state index contributed by atoms with van der Waals surface area (Å²) in [7, 11) is 4.05. The maximum Gasteiger partial charge on any atom is 0.228 e. The normalized spacial score (nSPS) is 20.8. The van der Waals surface area contributed by atoms with Gasteiger partial charge in [0.1, 0.15) is 12.4 Å². The summed E-state index contributed by atoms with van der Waals surface area (Å²) in [5.41, 5.74) is 8.70. The highest BCUT2D eigenvalue weighted by molar-refractivity contribution is 5.99. The summed E-state index contributed by atoms with van der Waals surface area (Å²) in [6.45, 7) is 3.57. The van der Waals surface area contributed by atoms with Gasteiger partial charge in [-0.15, -0.1) is 0 Å². The van der Waals surface area contributed by atoms with E-state index in [1.807, 2.05) is 38.4 Å². The standard InChI is InChI=1S/C25H28N2O2/c1-17-11-12-19(29-14-13-27(2)3)15-21(17)23-16-25(23,24(26)28)22-10-6-8-18-7-4-5-9-20(18)22/h4-12,15,23H,13-14,16H2,1-3H3,(H2,26,28). The third kappa shape index (κ3) is 3.49. The van der Waals surface area contributed by atoms with Crippen LogP contribution in [0.5, 0.6) is 5.75 Å². The summed E-state index contributed by atoms with van der Waals surface area (Å²) in [6.07, 6.45) is 0.734. The molecule has 0 heterocycles. The second-order valence-electron chi connectivity index (χ2n) is 8.29. The number of benzene rings is 3. The molecule has 2 N–H and O–H groups in total. The fourth-order valence-corrected chi connectivity index (χ4v) is 4.39. The highest BCUT2D eigenvalue weighted by Gasteiger charge is 2.61. The molecule has 1 aliphatic rings. The average molecular weight is 389 g/mol. The highest BCUT2D eigenvalue weighted by Crippen LogP contribution is 2.62. The first-order valence-electron chi connectivity index (χ1n) is 10.1. The lowest BCUT2D eigenvalue weighted by Gasteiger charge is -2.19. The Morgan fingerprint density at radius 1 is 1.14 bits per heavy atom. The summed E-state index contributed by atoms with van der Waals surface area (Å²) in [6, 6.07) is 20.5. The number of hydrogen-bond donors (Lipinski definition) is 1. The van der Waals surface area contributed by atoms with Crippen LogP contribution in [0.3, 0.4) is 0 Å². The van der Waals surface area contributed by atoms with Gasteiger partial charge >= 0.3 is 0 Å². The van der Waals surface area contributed by atoms with Gasteiger partial charge in [-0.3, -0.25) is 4.79 Å². The maximum absolute atomic E-state index is 12.7. The summed E-state index contributed by atoms with van der Waals surface area (Å²) in [5, 5.41) is 2.24. The largest absolute Gasteiger partial charge is 0.492 e. The Morgan fingerprint density at radius 2 is 1.90 bits per heavy atom. The fourth-order valence-electron chi connectivity index (χ4n) is 4.39. The molecule has 29 heavy (non-hydrogen) atoms. The minimum absolute atomic E-state index is 0.0724. The number of aryl methyl sites for hydroxylation is 1. The van der Waals surface area contributed by atoms with Crippen LogP contribution in [0.15, 0.2) is 60.7 Å². The van der Waals surface area contributed by atoms with Crippen LogP contribution in [-0.2, 0) is 10.2 Å². The Morgan fingerprint density at radius 3 is 2.66 bits per heavy atom. The van der Waals surface area contributed by atoms with E-state index < -0.39 is 5.41 Å². The van der Waals surface area contributed by atoms with Gasteiger partial charge in [-0.25, -0.2) is 0 Å². The molecule has 2 atom stereocenters. The molecule has 1 amide bonds. The molecule has 4 nitrogen and oxygen atoms in total. The molecule has 4 rings (SSSR count). The summed E-state index contributed by atoms with van der Waals surface area (Å²) >= 11 is 0. The van der Waals surface area contributed by atoms with Crippen LogP contribution in [0.2, 0.25) is 0 Å². The Labute approximate surface area is 172 Å². The lowest BCUT2D eigenvalue weighted by molar-refractivity contribution is -0.120. The van der Waals surface area contributed by atoms with Crippen molar-refractivity contribution in [1.29, 1.82) is 0 Å². The maximum atomic E-state index is 12.7. The molecule has 3 aromatic rings. The van der Waals surface area contributed by atoms with Crippen LogP contribution < -0.4 is 10.5 Å². The quantitative estimate of drug-likeness (QED) is 0.666. The van der Waals surface area contributed by atoms with Gasteiger partial charge in [0.2, 0.25) is 5.91 Å². The van der Waals surface area contributed by atoms with Crippen LogP contribution in [0.4, 0.5) is 0 Å². The SMILES string of the molecule is Cc1ccc(OCCN(C)C)cc1C1CC1(C(N)=O)c1cccc2ccccc12. The molecule has 0 saturated heterocycles. The molecule has 0 bridgehead atoms. The second kappa shape index (κ2) is 7.53. The van der Waals surface area contributed by atoms with Crippen molar-refractivity contribution < 1.29 is 9.53 Å². The van der Waals surface area contributed by atoms with E-state index in [0.29, 0.717) is 6.61 Å². The van der Waals surface area contributed by atoms with Crippen molar-refractivity contribution in [3.63, 3.8) is 0 Å². The van der Waals surface area contributed by atoms with Crippen molar-refractivity contribution in [1.82, 2.24) is 4.90 Å². The number of hydrogen-bond acceptors (Lipinski definition) is 3. The van der Waals surface area contributed by atoms with E-state index in [-0.39, 0.29) is 11.8 Å². The third-order valence-electron chi connectivity index (χ3n) is 6.10. The molecular weight excluding hydrogens is 360 g/mol. The van der Waals surface area contributed by atoms with Crippen LogP contribution in [0, 0.1) is 6.92 Å². The molecule has 1 aliphatic carbocycles. The fraction of sp³-hybridized carbons (Fsp3) is 0.320. The number of carbonyl (C=O) groups is 1. The summed E-state index contributed by atoms with van der Waals surface area (Å²) in [4.78, 5) is 14.8. The molecule has 150 valence electrons. The van der Waals surface area contributed by atoms with Crippen molar-refractivity contribution >= 4 is 16.7 Å². The molecule has 1 saturated carbocycles. The van der Waals surface area contributed by atoms with E-state index in [1.165, 1.54) is 5.56 Å². The minimum atomic E-state index is -0.659. The van der Waals surface area contributed by atoms with Crippen LogP contribution in [-0.4, -0.2) is 38.1 Å². The number of primary amides is 1. The van der Waals surface area contributed by atoms with E-state index in [9.17, 15) is 4.79 Å². The zero-order valence-corrected chi connectivity index (χ0v) is 17.3. The highest BCUT2D eigenvalue weighted by atomic mass is 16.5. The lowest BCUT2D eigenvalue weighted by Crippen LogP contribution is -2.30. The van der Waals surface area contributed by atoms with Gasteiger partial charge in [-0.05, 0) is 67.0 Å². The zero-order chi connectivity index (χ0) is 20.6. The van der Waals surface area contributed by atoms with Crippen molar-refractivity contribution in [3.05, 3.63) is 77.4 Å². The lowest BCUT2D eigenvalue weighted by atomic mass is 9.85. The Hall–Kier alpha value is -2.85. The summed E-state index contributed by atoms with van der Waals surface area (Å²) in [5.74, 6) is 0.663. The first-order valence-corrected chi connectivity index (χ1v) is 10.1. The molecule has 3 aromatic carbocycles. The topological polar surface area (TPSA) is 55.6 Å². The average Bonchev–Trinajstić information content (AvgIpc) is 3.45. The predicted octanol–water partition coefficient (Wildman–Crippen LogP) is 4.00. The number of ether oxygens (including phenoxy) is 1. The number of nitrogens with zero attached hydrogens (tertiary/aromatic N) is 1. The monoisotopic (exact) mass is 388 g/mol. The Kier molecular flexibility index (Phi) is 5.05. The van der Waals surface area contributed by atoms with E-state index in [0.717, 1.165) is 40.6 Å². The van der Waals surface area contributed by atoms with Crippen LogP contribution >= 0.6 is 0 Å². The smallest absolute Gasteiger partial charge is 0.228 e. The number of carbonyl (C=O) groups excluding carboxylic acids is 1. The number of fused-ring (bicyclic) bond motifs is 1. The Balaban J connectivity index is 1.71. The first-order chi connectivity index (χ1) is 13.9. The predicted molar refractivity (Wildman–Crippen MR) is 117 cm³/mol. The molecule has 0 spiro atoms. The Bertz CT molecular complexity index is 1050. The molecule has 1 fully saturated rings. The number of amides is 1. The minimum Gasteiger partial charge on any atom is -0.492 e. The molecule has 0 aliphatic heterocycles. The van der Waals surface area contributed by atoms with Crippen LogP contribution in [0.1, 0.15) is 29.0 Å². The molecule has 0 aromatic heterocycles. The van der Waals surface area contributed by atoms with Gasteiger partial charge in [0.05, 0.1) is 5.41 Å². The van der Waals surface area contributed by atoms with Gasteiger partial charge in [-0.2, -0.15) is 0 Å². The van der Waals surface area contributed by atoms with Crippen molar-refractivity contribution in [2.24, 2.45) is 5.73 Å². The van der Waals surface area contributed by atoms with Crippen LogP contribution in [0.25, 0.3) is 10.8 Å². The van der Waals surface area contributed by atoms with Gasteiger partial charge in [0.15, 0.2) is 0 Å². The van der Waals surface area contributed by atoms with Crippen molar-refractivity contribution in [2.75, 3.05) is 27.2 Å². The zero-order valence-electron chi connectivity index (χ0n) is 17.3. The van der Waals surface area contributed by atoms with Crippen molar-refractivity contribution in [3.8, 4) is 5.75 Å². The number of rotatable bonds is 7. The van der Waals surface area contributed by atoms with Gasteiger partial charge < -0.3 is 15.4 Å². The molecule has 2 unspecified atom stereocenters. The third-order valence-corrected chi connectivity index (χ3v) is 6.10. The van der Waals surface area contributed by atoms with Gasteiger partial charge in [0.25, 0.3) is 0 Å².